The molecule has 3 nitrogen and oxygen atoms in total. The number of benzene rings is 2. The van der Waals surface area contributed by atoms with E-state index in [9.17, 15) is 10.1 Å². The van der Waals surface area contributed by atoms with Crippen molar-refractivity contribution in [3.05, 3.63) is 52.6 Å². The topological polar surface area (TPSA) is 43.1 Å². The van der Waals surface area contributed by atoms with Crippen molar-refractivity contribution >= 4 is 43.3 Å². The summed E-state index contributed by atoms with van der Waals surface area (Å²) in [7, 11) is 0. The van der Waals surface area contributed by atoms with Crippen molar-refractivity contribution < 1.29 is 4.92 Å². The molecule has 0 amide bonds. The standard InChI is InChI=1S/C13H9NO2S2/c15-14(16)8-17-12-7-3-5-10-9-4-1-2-6-11(9)18-13(10)12/h1-7H,8H2. The number of rotatable bonds is 3. The van der Waals surface area contributed by atoms with Crippen molar-refractivity contribution in [3.8, 4) is 0 Å². The van der Waals surface area contributed by atoms with Crippen LogP contribution in [-0.2, 0) is 0 Å². The van der Waals surface area contributed by atoms with Gasteiger partial charge in [-0.2, -0.15) is 0 Å². The molecule has 18 heavy (non-hydrogen) atoms. The third-order valence-corrected chi connectivity index (χ3v) is 5.03. The molecule has 5 heteroatoms. The summed E-state index contributed by atoms with van der Waals surface area (Å²) in [4.78, 5) is 11.2. The van der Waals surface area contributed by atoms with Crippen LogP contribution in [0.4, 0.5) is 0 Å². The van der Waals surface area contributed by atoms with Crippen molar-refractivity contribution in [2.24, 2.45) is 0 Å². The molecule has 0 aliphatic rings. The second-order valence-corrected chi connectivity index (χ2v) is 5.88. The molecule has 0 unspecified atom stereocenters. The minimum absolute atomic E-state index is 0.0899. The Bertz CT molecular complexity index is 736. The fourth-order valence-corrected chi connectivity index (χ4v) is 4.03. The maximum absolute atomic E-state index is 10.5. The van der Waals surface area contributed by atoms with E-state index in [0.717, 1.165) is 9.60 Å². The SMILES string of the molecule is O=[N+]([O-])CSc1cccc2c1sc1ccccc12. The van der Waals surface area contributed by atoms with E-state index < -0.39 is 0 Å². The highest BCUT2D eigenvalue weighted by Crippen LogP contribution is 2.39. The maximum atomic E-state index is 10.5. The molecule has 0 saturated heterocycles. The van der Waals surface area contributed by atoms with E-state index in [0.29, 0.717) is 0 Å². The van der Waals surface area contributed by atoms with Gasteiger partial charge in [0.1, 0.15) is 0 Å². The van der Waals surface area contributed by atoms with E-state index in [1.165, 1.54) is 27.2 Å². The van der Waals surface area contributed by atoms with E-state index in [4.69, 9.17) is 0 Å². The first-order chi connectivity index (χ1) is 8.75. The highest BCUT2D eigenvalue weighted by Gasteiger charge is 2.10. The molecule has 0 aliphatic carbocycles. The molecule has 0 aliphatic heterocycles. The van der Waals surface area contributed by atoms with Crippen molar-refractivity contribution in [2.45, 2.75) is 4.90 Å². The smallest absolute Gasteiger partial charge is 0.253 e. The average molecular weight is 275 g/mol. The Balaban J connectivity index is 2.18. The zero-order valence-electron chi connectivity index (χ0n) is 9.33. The van der Waals surface area contributed by atoms with Crippen molar-refractivity contribution in [1.29, 1.82) is 0 Å². The van der Waals surface area contributed by atoms with Crippen LogP contribution < -0.4 is 0 Å². The van der Waals surface area contributed by atoms with Gasteiger partial charge in [0.05, 0.1) is 0 Å². The number of thiophene rings is 1. The van der Waals surface area contributed by atoms with Crippen molar-refractivity contribution in [2.75, 3.05) is 5.88 Å². The van der Waals surface area contributed by atoms with Gasteiger partial charge in [-0.15, -0.1) is 11.3 Å². The zero-order chi connectivity index (χ0) is 12.5. The first-order valence-electron chi connectivity index (χ1n) is 5.40. The Morgan fingerprint density at radius 3 is 2.72 bits per heavy atom. The highest BCUT2D eigenvalue weighted by molar-refractivity contribution is 7.99. The summed E-state index contributed by atoms with van der Waals surface area (Å²) in [5.74, 6) is -0.0899. The second-order valence-electron chi connectivity index (χ2n) is 3.84. The molecule has 0 radical (unpaired) electrons. The van der Waals surface area contributed by atoms with Gasteiger partial charge in [-0.3, -0.25) is 10.1 Å². The summed E-state index contributed by atoms with van der Waals surface area (Å²) in [6.07, 6.45) is 0. The van der Waals surface area contributed by atoms with Crippen LogP contribution in [0.1, 0.15) is 0 Å². The Hall–Kier alpha value is -1.59. The van der Waals surface area contributed by atoms with Crippen LogP contribution in [0.5, 0.6) is 0 Å². The van der Waals surface area contributed by atoms with Crippen LogP contribution in [0.15, 0.2) is 47.4 Å². The van der Waals surface area contributed by atoms with Crippen LogP contribution in [-0.4, -0.2) is 10.8 Å². The predicted molar refractivity (Wildman–Crippen MR) is 77.0 cm³/mol. The molecule has 3 aromatic rings. The number of thioether (sulfide) groups is 1. The molecule has 0 bridgehead atoms. The Kier molecular flexibility index (Phi) is 2.93. The fourth-order valence-electron chi connectivity index (χ4n) is 1.96. The Labute approximate surface area is 112 Å². The lowest BCUT2D eigenvalue weighted by atomic mass is 10.1. The summed E-state index contributed by atoms with van der Waals surface area (Å²) >= 11 is 2.98. The van der Waals surface area contributed by atoms with E-state index >= 15 is 0 Å². The lowest BCUT2D eigenvalue weighted by Gasteiger charge is -1.98. The third kappa shape index (κ3) is 1.95. The molecular weight excluding hydrogens is 266 g/mol. The lowest BCUT2D eigenvalue weighted by molar-refractivity contribution is -0.456. The fraction of sp³-hybridized carbons (Fsp3) is 0.0769. The van der Waals surface area contributed by atoms with Crippen molar-refractivity contribution in [3.63, 3.8) is 0 Å². The van der Waals surface area contributed by atoms with E-state index in [-0.39, 0.29) is 10.8 Å². The summed E-state index contributed by atoms with van der Waals surface area (Å²) in [6.45, 7) is 0. The van der Waals surface area contributed by atoms with Gasteiger partial charge in [0.15, 0.2) is 0 Å². The lowest BCUT2D eigenvalue weighted by Crippen LogP contribution is -1.94. The van der Waals surface area contributed by atoms with E-state index in [2.05, 4.69) is 18.2 Å². The summed E-state index contributed by atoms with van der Waals surface area (Å²) in [5.41, 5.74) is 0. The Morgan fingerprint density at radius 1 is 1.11 bits per heavy atom. The number of nitrogens with zero attached hydrogens (tertiary/aromatic N) is 1. The normalized spacial score (nSPS) is 11.1. The third-order valence-electron chi connectivity index (χ3n) is 2.69. The monoisotopic (exact) mass is 275 g/mol. The van der Waals surface area contributed by atoms with Crippen LogP contribution in [0.25, 0.3) is 20.2 Å². The molecule has 0 N–H and O–H groups in total. The van der Waals surface area contributed by atoms with E-state index in [1.54, 1.807) is 11.3 Å². The number of fused-ring (bicyclic) bond motifs is 3. The molecule has 3 rings (SSSR count). The predicted octanol–water partition coefficient (Wildman–Crippen LogP) is 4.38. The molecule has 1 heterocycles. The number of hydrogen-bond donors (Lipinski definition) is 0. The maximum Gasteiger partial charge on any atom is 0.253 e. The van der Waals surface area contributed by atoms with Gasteiger partial charge < -0.3 is 0 Å². The van der Waals surface area contributed by atoms with Gasteiger partial charge in [-0.1, -0.05) is 30.3 Å². The van der Waals surface area contributed by atoms with Gasteiger partial charge in [0, 0.05) is 30.0 Å². The quantitative estimate of drug-likeness (QED) is 0.308. The van der Waals surface area contributed by atoms with Gasteiger partial charge in [-0.25, -0.2) is 0 Å². The molecule has 1 aromatic heterocycles. The minimum atomic E-state index is -0.295. The summed E-state index contributed by atoms with van der Waals surface area (Å²) < 4.78 is 2.37. The van der Waals surface area contributed by atoms with Gasteiger partial charge in [0.25, 0.3) is 5.88 Å². The molecule has 0 spiro atoms. The first-order valence-corrected chi connectivity index (χ1v) is 7.21. The molecule has 0 atom stereocenters. The highest BCUT2D eigenvalue weighted by atomic mass is 32.2. The number of nitro groups is 1. The second kappa shape index (κ2) is 4.59. The van der Waals surface area contributed by atoms with Gasteiger partial charge in [0.2, 0.25) is 0 Å². The molecular formula is C13H9NO2S2. The minimum Gasteiger partial charge on any atom is -0.264 e. The largest absolute Gasteiger partial charge is 0.264 e. The van der Waals surface area contributed by atoms with Crippen LogP contribution >= 0.6 is 23.1 Å². The van der Waals surface area contributed by atoms with Gasteiger partial charge >= 0.3 is 0 Å². The first kappa shape index (κ1) is 11.5. The van der Waals surface area contributed by atoms with Crippen molar-refractivity contribution in [1.82, 2.24) is 0 Å². The molecule has 2 aromatic carbocycles. The molecule has 0 fully saturated rings. The number of hydrogen-bond acceptors (Lipinski definition) is 4. The Morgan fingerprint density at radius 2 is 1.89 bits per heavy atom. The van der Waals surface area contributed by atoms with Gasteiger partial charge in [-0.05, 0) is 23.9 Å². The molecule has 0 saturated carbocycles. The van der Waals surface area contributed by atoms with E-state index in [1.807, 2.05) is 24.3 Å². The zero-order valence-corrected chi connectivity index (χ0v) is 11.0. The van der Waals surface area contributed by atoms with Crippen LogP contribution in [0, 0.1) is 10.1 Å². The van der Waals surface area contributed by atoms with Crippen LogP contribution in [0.2, 0.25) is 0 Å². The summed E-state index contributed by atoms with van der Waals surface area (Å²) in [5, 5.41) is 12.9. The molecule has 90 valence electrons. The average Bonchev–Trinajstić information content (AvgIpc) is 2.75. The van der Waals surface area contributed by atoms with Crippen LogP contribution in [0.3, 0.4) is 0 Å². The summed E-state index contributed by atoms with van der Waals surface area (Å²) in [6, 6.07) is 14.2.